The van der Waals surface area contributed by atoms with Crippen LogP contribution in [0.5, 0.6) is 5.75 Å². The van der Waals surface area contributed by atoms with Gasteiger partial charge in [0.2, 0.25) is 0 Å². The summed E-state index contributed by atoms with van der Waals surface area (Å²) in [5.74, 6) is 1.34. The van der Waals surface area contributed by atoms with Crippen LogP contribution in [0.2, 0.25) is 0 Å². The molecule has 0 aliphatic heterocycles. The Morgan fingerprint density at radius 2 is 2.04 bits per heavy atom. The third kappa shape index (κ3) is 3.11. The fraction of sp³-hybridized carbons (Fsp3) is 0.263. The van der Waals surface area contributed by atoms with Gasteiger partial charge in [-0.25, -0.2) is 9.78 Å². The number of aryl methyl sites for hydroxylation is 2. The molecule has 5 nitrogen and oxygen atoms in total. The first kappa shape index (κ1) is 16.1. The van der Waals surface area contributed by atoms with Gasteiger partial charge in [0.25, 0.3) is 0 Å². The Balaban J connectivity index is 1.85. The van der Waals surface area contributed by atoms with E-state index in [1.807, 2.05) is 37.3 Å². The Bertz CT molecular complexity index is 883. The van der Waals surface area contributed by atoms with Gasteiger partial charge in [-0.3, -0.25) is 0 Å². The van der Waals surface area contributed by atoms with Crippen molar-refractivity contribution in [2.24, 2.45) is 0 Å². The van der Waals surface area contributed by atoms with Gasteiger partial charge in [0.05, 0.1) is 23.7 Å². The molecule has 0 amide bonds. The van der Waals surface area contributed by atoms with E-state index in [0.717, 1.165) is 40.2 Å². The van der Waals surface area contributed by atoms with E-state index >= 15 is 0 Å². The van der Waals surface area contributed by atoms with Crippen LogP contribution in [0.3, 0.4) is 0 Å². The molecule has 3 aromatic rings. The number of ether oxygens (including phenoxy) is 2. The first-order valence-electron chi connectivity index (χ1n) is 7.90. The van der Waals surface area contributed by atoms with Crippen molar-refractivity contribution < 1.29 is 14.3 Å². The molecular formula is C19H20N2O3. The lowest BCUT2D eigenvalue weighted by Crippen LogP contribution is -2.07. The minimum absolute atomic E-state index is 0.297. The number of nitrogens with zero attached hydrogens (tertiary/aromatic N) is 1. The zero-order chi connectivity index (χ0) is 17.1. The van der Waals surface area contributed by atoms with E-state index in [1.165, 1.54) is 7.11 Å². The predicted octanol–water partition coefficient (Wildman–Crippen LogP) is 3.80. The fourth-order valence-electron chi connectivity index (χ4n) is 2.68. The number of fused-ring (bicyclic) bond motifs is 1. The maximum atomic E-state index is 11.8. The molecule has 124 valence electrons. The van der Waals surface area contributed by atoms with Crippen molar-refractivity contribution in [1.29, 1.82) is 0 Å². The van der Waals surface area contributed by atoms with E-state index in [0.29, 0.717) is 12.2 Å². The summed E-state index contributed by atoms with van der Waals surface area (Å²) < 4.78 is 10.7. The van der Waals surface area contributed by atoms with E-state index < -0.39 is 0 Å². The van der Waals surface area contributed by atoms with Crippen LogP contribution in [0.1, 0.15) is 34.2 Å². The lowest BCUT2D eigenvalue weighted by Gasteiger charge is -2.10. The predicted molar refractivity (Wildman–Crippen MR) is 92.3 cm³/mol. The quantitative estimate of drug-likeness (QED) is 0.725. The molecule has 0 saturated heterocycles. The average molecular weight is 324 g/mol. The van der Waals surface area contributed by atoms with Gasteiger partial charge in [0, 0.05) is 18.1 Å². The second-order valence-corrected chi connectivity index (χ2v) is 5.61. The number of hydrogen-bond donors (Lipinski definition) is 1. The lowest BCUT2D eigenvalue weighted by molar-refractivity contribution is 0.0597. The van der Waals surface area contributed by atoms with Crippen molar-refractivity contribution in [3.05, 3.63) is 58.9 Å². The molecule has 24 heavy (non-hydrogen) atoms. The number of carbonyl (C=O) groups is 1. The van der Waals surface area contributed by atoms with Crippen molar-refractivity contribution >= 4 is 17.0 Å². The van der Waals surface area contributed by atoms with Gasteiger partial charge in [-0.1, -0.05) is 25.1 Å². The van der Waals surface area contributed by atoms with Crippen LogP contribution in [0.25, 0.3) is 11.0 Å². The molecule has 5 heteroatoms. The number of nitrogens with one attached hydrogen (secondary N) is 1. The number of hydrogen-bond acceptors (Lipinski definition) is 4. The summed E-state index contributed by atoms with van der Waals surface area (Å²) in [6.45, 7) is 4.37. The normalized spacial score (nSPS) is 10.8. The molecule has 0 fully saturated rings. The highest BCUT2D eigenvalue weighted by Gasteiger charge is 2.12. The number of methoxy groups -OCH3 is 1. The van der Waals surface area contributed by atoms with Crippen LogP contribution in [0.4, 0.5) is 0 Å². The maximum Gasteiger partial charge on any atom is 0.338 e. The molecule has 1 heterocycles. The average Bonchev–Trinajstić information content (AvgIpc) is 3.03. The second kappa shape index (κ2) is 6.74. The largest absolute Gasteiger partial charge is 0.489 e. The summed E-state index contributed by atoms with van der Waals surface area (Å²) >= 11 is 0. The molecule has 0 bridgehead atoms. The molecule has 0 aliphatic carbocycles. The Morgan fingerprint density at radius 1 is 1.25 bits per heavy atom. The van der Waals surface area contributed by atoms with E-state index in [4.69, 9.17) is 9.47 Å². The number of aromatic amines is 1. The number of carbonyl (C=O) groups excluding carboxylic acids is 1. The molecule has 0 saturated carbocycles. The van der Waals surface area contributed by atoms with Crippen molar-refractivity contribution in [3.8, 4) is 5.75 Å². The fourth-order valence-corrected chi connectivity index (χ4v) is 2.68. The Labute approximate surface area is 140 Å². The van der Waals surface area contributed by atoms with Crippen LogP contribution in [0.15, 0.2) is 36.4 Å². The van der Waals surface area contributed by atoms with Crippen molar-refractivity contribution in [2.75, 3.05) is 7.11 Å². The van der Waals surface area contributed by atoms with Gasteiger partial charge < -0.3 is 14.5 Å². The highest BCUT2D eigenvalue weighted by atomic mass is 16.5. The second-order valence-electron chi connectivity index (χ2n) is 5.61. The summed E-state index contributed by atoms with van der Waals surface area (Å²) in [6, 6.07) is 11.2. The van der Waals surface area contributed by atoms with Crippen LogP contribution >= 0.6 is 0 Å². The van der Waals surface area contributed by atoms with Gasteiger partial charge in [-0.2, -0.15) is 0 Å². The molecule has 3 rings (SSSR count). The minimum Gasteiger partial charge on any atom is -0.489 e. The third-order valence-corrected chi connectivity index (χ3v) is 3.95. The summed E-state index contributed by atoms with van der Waals surface area (Å²) in [7, 11) is 1.38. The zero-order valence-corrected chi connectivity index (χ0v) is 14.1. The van der Waals surface area contributed by atoms with E-state index in [-0.39, 0.29) is 5.97 Å². The summed E-state index contributed by atoms with van der Waals surface area (Å²) in [5.41, 5.74) is 4.30. The zero-order valence-electron chi connectivity index (χ0n) is 14.1. The first-order valence-corrected chi connectivity index (χ1v) is 7.90. The number of aromatic nitrogens is 2. The smallest absolute Gasteiger partial charge is 0.338 e. The Kier molecular flexibility index (Phi) is 4.51. The molecule has 1 N–H and O–H groups in total. The number of rotatable bonds is 5. The van der Waals surface area contributed by atoms with Crippen molar-refractivity contribution in [1.82, 2.24) is 9.97 Å². The lowest BCUT2D eigenvalue weighted by atomic mass is 10.1. The summed E-state index contributed by atoms with van der Waals surface area (Å²) in [5, 5.41) is 0. The highest BCUT2D eigenvalue weighted by molar-refractivity contribution is 5.90. The first-order chi connectivity index (χ1) is 11.6. The SMILES string of the molecule is CCc1nc2c(C)cc(OCc3ccccc3C(=O)OC)cc2[nH]1. The number of H-pyrrole nitrogens is 1. The van der Waals surface area contributed by atoms with Gasteiger partial charge in [-0.15, -0.1) is 0 Å². The van der Waals surface area contributed by atoms with Crippen LogP contribution in [-0.4, -0.2) is 23.0 Å². The van der Waals surface area contributed by atoms with Crippen LogP contribution in [0, 0.1) is 6.92 Å². The minimum atomic E-state index is -0.359. The molecule has 0 aliphatic rings. The van der Waals surface area contributed by atoms with Gasteiger partial charge >= 0.3 is 5.97 Å². The van der Waals surface area contributed by atoms with Gasteiger partial charge in [0.15, 0.2) is 0 Å². The molecule has 0 unspecified atom stereocenters. The molecule has 0 radical (unpaired) electrons. The summed E-state index contributed by atoms with van der Waals surface area (Å²) in [6.07, 6.45) is 0.858. The number of imidazole rings is 1. The third-order valence-electron chi connectivity index (χ3n) is 3.95. The monoisotopic (exact) mass is 324 g/mol. The number of esters is 1. The van der Waals surface area contributed by atoms with Gasteiger partial charge in [-0.05, 0) is 24.6 Å². The summed E-state index contributed by atoms with van der Waals surface area (Å²) in [4.78, 5) is 19.7. The van der Waals surface area contributed by atoms with Crippen LogP contribution in [-0.2, 0) is 17.8 Å². The molecule has 1 aromatic heterocycles. The molecule has 2 aromatic carbocycles. The van der Waals surface area contributed by atoms with E-state index in [2.05, 4.69) is 16.9 Å². The number of benzene rings is 2. The standard InChI is InChI=1S/C19H20N2O3/c1-4-17-20-16-10-14(9-12(2)18(16)21-17)24-11-13-7-5-6-8-15(13)19(22)23-3/h5-10H,4,11H2,1-3H3,(H,20,21). The molecule has 0 atom stereocenters. The topological polar surface area (TPSA) is 64.2 Å². The van der Waals surface area contributed by atoms with E-state index in [9.17, 15) is 4.79 Å². The van der Waals surface area contributed by atoms with Crippen molar-refractivity contribution in [2.45, 2.75) is 26.9 Å². The Morgan fingerprint density at radius 3 is 2.79 bits per heavy atom. The Hall–Kier alpha value is -2.82. The van der Waals surface area contributed by atoms with Crippen molar-refractivity contribution in [3.63, 3.8) is 0 Å². The van der Waals surface area contributed by atoms with Gasteiger partial charge in [0.1, 0.15) is 18.2 Å². The molecule has 0 spiro atoms. The van der Waals surface area contributed by atoms with Crippen LogP contribution < -0.4 is 4.74 Å². The highest BCUT2D eigenvalue weighted by Crippen LogP contribution is 2.24. The maximum absolute atomic E-state index is 11.8. The molecular weight excluding hydrogens is 304 g/mol. The van der Waals surface area contributed by atoms with E-state index in [1.54, 1.807) is 6.07 Å².